The summed E-state index contributed by atoms with van der Waals surface area (Å²) in [6.45, 7) is 5.43. The largest absolute Gasteiger partial charge is 0.492 e. The first kappa shape index (κ1) is 17.0. The lowest BCUT2D eigenvalue weighted by Crippen LogP contribution is -2.09. The summed E-state index contributed by atoms with van der Waals surface area (Å²) in [5, 5.41) is 0. The molecule has 0 saturated carbocycles. The molecule has 0 fully saturated rings. The summed E-state index contributed by atoms with van der Waals surface area (Å²) in [6.07, 6.45) is 4.40. The van der Waals surface area contributed by atoms with Crippen LogP contribution in [0.5, 0.6) is 5.75 Å². The van der Waals surface area contributed by atoms with E-state index in [9.17, 15) is 4.79 Å². The number of ether oxygens (including phenoxy) is 2. The van der Waals surface area contributed by atoms with Gasteiger partial charge in [-0.25, -0.2) is 0 Å². The Morgan fingerprint density at radius 1 is 1.15 bits per heavy atom. The standard InChI is InChI=1S/C16H23BrO3/c1-3-5-9-19-15-8-7-13(11-14(15)17)12-16(18)20-10-6-4-2/h7-8,11H,3-6,9-10,12H2,1-2H3. The molecule has 4 heteroatoms. The summed E-state index contributed by atoms with van der Waals surface area (Å²) in [5.41, 5.74) is 0.932. The fraction of sp³-hybridized carbons (Fsp3) is 0.562. The summed E-state index contributed by atoms with van der Waals surface area (Å²) in [7, 11) is 0. The smallest absolute Gasteiger partial charge is 0.310 e. The van der Waals surface area contributed by atoms with Crippen LogP contribution in [0.1, 0.15) is 45.1 Å². The monoisotopic (exact) mass is 342 g/mol. The Bertz CT molecular complexity index is 418. The van der Waals surface area contributed by atoms with E-state index >= 15 is 0 Å². The highest BCUT2D eigenvalue weighted by Crippen LogP contribution is 2.26. The molecule has 0 aliphatic rings. The molecule has 0 aliphatic heterocycles. The fourth-order valence-electron chi connectivity index (χ4n) is 1.65. The zero-order chi connectivity index (χ0) is 14.8. The Morgan fingerprint density at radius 3 is 2.50 bits per heavy atom. The third-order valence-electron chi connectivity index (χ3n) is 2.86. The van der Waals surface area contributed by atoms with Gasteiger partial charge in [-0.3, -0.25) is 4.79 Å². The van der Waals surface area contributed by atoms with Crippen molar-refractivity contribution in [2.75, 3.05) is 13.2 Å². The highest BCUT2D eigenvalue weighted by Gasteiger charge is 2.08. The molecule has 1 aromatic carbocycles. The second-order valence-corrected chi connectivity index (χ2v) is 5.57. The van der Waals surface area contributed by atoms with Gasteiger partial charge >= 0.3 is 5.97 Å². The van der Waals surface area contributed by atoms with E-state index in [1.165, 1.54) is 0 Å². The van der Waals surface area contributed by atoms with Gasteiger partial charge in [0.15, 0.2) is 0 Å². The fourth-order valence-corrected chi connectivity index (χ4v) is 2.19. The molecule has 0 atom stereocenters. The van der Waals surface area contributed by atoms with Crippen molar-refractivity contribution in [3.63, 3.8) is 0 Å². The van der Waals surface area contributed by atoms with Crippen molar-refractivity contribution in [1.29, 1.82) is 0 Å². The number of carbonyl (C=O) groups is 1. The minimum atomic E-state index is -0.176. The molecular formula is C16H23BrO3. The van der Waals surface area contributed by atoms with Crippen molar-refractivity contribution in [2.45, 2.75) is 46.0 Å². The van der Waals surface area contributed by atoms with Gasteiger partial charge in [-0.15, -0.1) is 0 Å². The predicted octanol–water partition coefficient (Wildman–Crippen LogP) is 4.51. The second kappa shape index (κ2) is 9.81. The quantitative estimate of drug-likeness (QED) is 0.489. The van der Waals surface area contributed by atoms with Crippen molar-refractivity contribution in [1.82, 2.24) is 0 Å². The summed E-state index contributed by atoms with van der Waals surface area (Å²) in [6, 6.07) is 5.73. The van der Waals surface area contributed by atoms with Crippen molar-refractivity contribution in [3.05, 3.63) is 28.2 Å². The molecule has 0 aliphatic carbocycles. The molecule has 0 radical (unpaired) electrons. The van der Waals surface area contributed by atoms with Crippen molar-refractivity contribution in [3.8, 4) is 5.75 Å². The van der Waals surface area contributed by atoms with Crippen LogP contribution in [-0.2, 0) is 16.0 Å². The molecule has 0 N–H and O–H groups in total. The van der Waals surface area contributed by atoms with Gasteiger partial charge in [0.25, 0.3) is 0 Å². The second-order valence-electron chi connectivity index (χ2n) is 4.72. The average Bonchev–Trinajstić information content (AvgIpc) is 2.42. The third-order valence-corrected chi connectivity index (χ3v) is 3.48. The van der Waals surface area contributed by atoms with Crippen LogP contribution in [0.15, 0.2) is 22.7 Å². The Hall–Kier alpha value is -1.03. The van der Waals surface area contributed by atoms with Gasteiger partial charge in [0.1, 0.15) is 5.75 Å². The number of halogens is 1. The first-order valence-electron chi connectivity index (χ1n) is 7.24. The molecule has 20 heavy (non-hydrogen) atoms. The van der Waals surface area contributed by atoms with Crippen LogP contribution in [0.4, 0.5) is 0 Å². The first-order valence-corrected chi connectivity index (χ1v) is 8.03. The maximum Gasteiger partial charge on any atom is 0.310 e. The van der Waals surface area contributed by atoms with Gasteiger partial charge in [0.05, 0.1) is 24.1 Å². The molecule has 0 bridgehead atoms. The Kier molecular flexibility index (Phi) is 8.35. The minimum absolute atomic E-state index is 0.176. The minimum Gasteiger partial charge on any atom is -0.492 e. The third kappa shape index (κ3) is 6.42. The summed E-state index contributed by atoms with van der Waals surface area (Å²) >= 11 is 3.48. The molecule has 1 rings (SSSR count). The molecule has 112 valence electrons. The highest BCUT2D eigenvalue weighted by molar-refractivity contribution is 9.10. The number of esters is 1. The zero-order valence-electron chi connectivity index (χ0n) is 12.3. The Balaban J connectivity index is 2.47. The van der Waals surface area contributed by atoms with Crippen molar-refractivity contribution in [2.24, 2.45) is 0 Å². The lowest BCUT2D eigenvalue weighted by molar-refractivity contribution is -0.142. The number of benzene rings is 1. The van der Waals surface area contributed by atoms with Crippen LogP contribution in [-0.4, -0.2) is 19.2 Å². The van der Waals surface area contributed by atoms with Crippen LogP contribution in [0.3, 0.4) is 0 Å². The topological polar surface area (TPSA) is 35.5 Å². The van der Waals surface area contributed by atoms with Gasteiger partial charge < -0.3 is 9.47 Å². The van der Waals surface area contributed by atoms with Gasteiger partial charge in [-0.2, -0.15) is 0 Å². The van der Waals surface area contributed by atoms with E-state index in [0.717, 1.165) is 41.5 Å². The van der Waals surface area contributed by atoms with E-state index in [0.29, 0.717) is 19.6 Å². The molecule has 0 spiro atoms. The zero-order valence-corrected chi connectivity index (χ0v) is 13.9. The number of unbranched alkanes of at least 4 members (excludes halogenated alkanes) is 2. The maximum absolute atomic E-state index is 11.6. The van der Waals surface area contributed by atoms with Gasteiger partial charge in [0.2, 0.25) is 0 Å². The summed E-state index contributed by atoms with van der Waals surface area (Å²) < 4.78 is 11.7. The molecule has 3 nitrogen and oxygen atoms in total. The molecule has 0 heterocycles. The van der Waals surface area contributed by atoms with E-state index in [1.807, 2.05) is 18.2 Å². The van der Waals surface area contributed by atoms with E-state index in [-0.39, 0.29) is 5.97 Å². The van der Waals surface area contributed by atoms with Crippen LogP contribution < -0.4 is 4.74 Å². The average molecular weight is 343 g/mol. The van der Waals surface area contributed by atoms with Crippen molar-refractivity contribution >= 4 is 21.9 Å². The lowest BCUT2D eigenvalue weighted by atomic mass is 10.1. The van der Waals surface area contributed by atoms with E-state index < -0.39 is 0 Å². The summed E-state index contributed by atoms with van der Waals surface area (Å²) in [4.78, 5) is 11.6. The predicted molar refractivity (Wildman–Crippen MR) is 84.1 cm³/mol. The molecule has 0 saturated heterocycles. The Morgan fingerprint density at radius 2 is 1.85 bits per heavy atom. The summed E-state index contributed by atoms with van der Waals surface area (Å²) in [5.74, 6) is 0.645. The number of hydrogen-bond acceptors (Lipinski definition) is 3. The van der Waals surface area contributed by atoms with E-state index in [2.05, 4.69) is 29.8 Å². The van der Waals surface area contributed by atoms with Crippen LogP contribution in [0.2, 0.25) is 0 Å². The maximum atomic E-state index is 11.6. The van der Waals surface area contributed by atoms with E-state index in [1.54, 1.807) is 0 Å². The first-order chi connectivity index (χ1) is 9.67. The lowest BCUT2D eigenvalue weighted by Gasteiger charge is -2.09. The number of carbonyl (C=O) groups excluding carboxylic acids is 1. The number of rotatable bonds is 9. The van der Waals surface area contributed by atoms with E-state index in [4.69, 9.17) is 9.47 Å². The molecule has 0 amide bonds. The SMILES string of the molecule is CCCCOC(=O)Cc1ccc(OCCCC)c(Br)c1. The molecule has 0 aromatic heterocycles. The van der Waals surface area contributed by atoms with Gasteiger partial charge in [-0.05, 0) is 46.5 Å². The normalized spacial score (nSPS) is 10.3. The van der Waals surface area contributed by atoms with Gasteiger partial charge in [-0.1, -0.05) is 32.8 Å². The van der Waals surface area contributed by atoms with Crippen LogP contribution in [0, 0.1) is 0 Å². The molecular weight excluding hydrogens is 320 g/mol. The highest BCUT2D eigenvalue weighted by atomic mass is 79.9. The van der Waals surface area contributed by atoms with Crippen LogP contribution >= 0.6 is 15.9 Å². The van der Waals surface area contributed by atoms with Crippen LogP contribution in [0.25, 0.3) is 0 Å². The van der Waals surface area contributed by atoms with Crippen molar-refractivity contribution < 1.29 is 14.3 Å². The molecule has 1 aromatic rings. The molecule has 0 unspecified atom stereocenters. The number of hydrogen-bond donors (Lipinski definition) is 0. The van der Waals surface area contributed by atoms with Gasteiger partial charge in [0, 0.05) is 0 Å². The Labute approximate surface area is 129 Å².